The number of halogens is 4. The van der Waals surface area contributed by atoms with Gasteiger partial charge in [0.25, 0.3) is 9.84 Å². The average molecular weight is 329 g/mol. The van der Waals surface area contributed by atoms with Gasteiger partial charge in [-0.25, -0.2) is 8.42 Å². The van der Waals surface area contributed by atoms with Crippen molar-refractivity contribution >= 4 is 21.4 Å². The third-order valence-corrected chi connectivity index (χ3v) is 5.30. The monoisotopic (exact) mass is 328 g/mol. The first-order valence-corrected chi connectivity index (χ1v) is 7.82. The minimum absolute atomic E-state index is 0.0521. The molecule has 0 N–H and O–H groups in total. The lowest BCUT2D eigenvalue weighted by atomic mass is 9.88. The van der Waals surface area contributed by atoms with Crippen molar-refractivity contribution in [2.45, 2.75) is 43.0 Å². The smallest absolute Gasteiger partial charge is 0.214 e. The van der Waals surface area contributed by atoms with Gasteiger partial charge in [-0.2, -0.15) is 13.2 Å². The van der Waals surface area contributed by atoms with E-state index in [9.17, 15) is 21.6 Å². The molecule has 1 atom stereocenters. The summed E-state index contributed by atoms with van der Waals surface area (Å²) in [5, 5.41) is -0.480. The zero-order valence-electron chi connectivity index (χ0n) is 11.3. The maximum Gasteiger partial charge on any atom is 0.501 e. The Morgan fingerprint density at radius 3 is 2.10 bits per heavy atom. The lowest BCUT2D eigenvalue weighted by molar-refractivity contribution is -0.0436. The van der Waals surface area contributed by atoms with Gasteiger partial charge in [0.15, 0.2) is 0 Å². The lowest BCUT2D eigenvalue weighted by Crippen LogP contribution is -2.27. The summed E-state index contributed by atoms with van der Waals surface area (Å²) in [4.78, 5) is -0.720. The van der Waals surface area contributed by atoms with Crippen molar-refractivity contribution in [1.29, 1.82) is 0 Å². The van der Waals surface area contributed by atoms with Gasteiger partial charge in [-0.05, 0) is 23.5 Å². The first kappa shape index (κ1) is 17.3. The predicted octanol–water partition coefficient (Wildman–Crippen LogP) is 4.18. The Hall–Kier alpha value is -0.750. The van der Waals surface area contributed by atoms with E-state index in [0.29, 0.717) is 0 Å². The molecule has 1 unspecified atom stereocenters. The molecule has 1 aromatic rings. The number of hydrogen-bond donors (Lipinski definition) is 0. The highest BCUT2D eigenvalue weighted by atomic mass is 35.5. The molecule has 0 aliphatic heterocycles. The van der Waals surface area contributed by atoms with E-state index in [-0.39, 0.29) is 17.4 Å². The summed E-state index contributed by atoms with van der Waals surface area (Å²) in [6.45, 7) is 5.52. The second kappa shape index (κ2) is 5.56. The van der Waals surface area contributed by atoms with Crippen LogP contribution in [-0.4, -0.2) is 19.3 Å². The van der Waals surface area contributed by atoms with Gasteiger partial charge in [0.2, 0.25) is 0 Å². The molecule has 7 heteroatoms. The van der Waals surface area contributed by atoms with Crippen molar-refractivity contribution in [3.63, 3.8) is 0 Å². The van der Waals surface area contributed by atoms with Crippen LogP contribution >= 0.6 is 11.6 Å². The Morgan fingerprint density at radius 2 is 1.65 bits per heavy atom. The molecule has 0 fully saturated rings. The van der Waals surface area contributed by atoms with Crippen molar-refractivity contribution in [3.05, 3.63) is 29.8 Å². The van der Waals surface area contributed by atoms with E-state index in [0.717, 1.165) is 6.07 Å². The molecule has 0 bridgehead atoms. The summed E-state index contributed by atoms with van der Waals surface area (Å²) in [6.07, 6.45) is 0.0521. The van der Waals surface area contributed by atoms with Crippen LogP contribution in [0.4, 0.5) is 13.2 Å². The van der Waals surface area contributed by atoms with E-state index >= 15 is 0 Å². The largest absolute Gasteiger partial charge is 0.501 e. The fourth-order valence-electron chi connectivity index (χ4n) is 1.56. The highest BCUT2D eigenvalue weighted by Crippen LogP contribution is 2.34. The van der Waals surface area contributed by atoms with Crippen LogP contribution < -0.4 is 0 Å². The molecule has 0 aromatic heterocycles. The van der Waals surface area contributed by atoms with E-state index in [1.54, 1.807) is 0 Å². The fraction of sp³-hybridized carbons (Fsp3) is 0.538. The quantitative estimate of drug-likeness (QED) is 0.780. The van der Waals surface area contributed by atoms with Gasteiger partial charge in [0.05, 0.1) is 4.90 Å². The molecular formula is C13H16ClF3O2S. The Bertz CT molecular complexity index is 574. The minimum Gasteiger partial charge on any atom is -0.214 e. The van der Waals surface area contributed by atoms with Gasteiger partial charge < -0.3 is 0 Å². The summed E-state index contributed by atoms with van der Waals surface area (Å²) in [7, 11) is -5.36. The summed E-state index contributed by atoms with van der Waals surface area (Å²) in [5.74, 6) is 0. The van der Waals surface area contributed by atoms with Gasteiger partial charge in [0, 0.05) is 5.38 Å². The lowest BCUT2D eigenvalue weighted by Gasteiger charge is -2.26. The van der Waals surface area contributed by atoms with Gasteiger partial charge in [-0.15, -0.1) is 11.6 Å². The van der Waals surface area contributed by atoms with Crippen molar-refractivity contribution in [2.24, 2.45) is 5.41 Å². The van der Waals surface area contributed by atoms with Crippen LogP contribution in [0.2, 0.25) is 0 Å². The van der Waals surface area contributed by atoms with Gasteiger partial charge >= 0.3 is 5.51 Å². The van der Waals surface area contributed by atoms with Crippen LogP contribution in [0.25, 0.3) is 0 Å². The summed E-state index contributed by atoms with van der Waals surface area (Å²) < 4.78 is 61.0. The van der Waals surface area contributed by atoms with Crippen LogP contribution in [0.1, 0.15) is 26.3 Å². The molecule has 0 heterocycles. The zero-order valence-corrected chi connectivity index (χ0v) is 12.9. The van der Waals surface area contributed by atoms with Gasteiger partial charge in [-0.3, -0.25) is 0 Å². The SMILES string of the molecule is CC(C)(C)C(Cl)Cc1ccccc1S(=O)(=O)C(F)(F)F. The Kier molecular flexibility index (Phi) is 4.81. The standard InChI is InChI=1S/C13H16ClF3O2S/c1-12(2,3)11(14)8-9-6-4-5-7-10(9)20(18,19)13(15,16)17/h4-7,11H,8H2,1-3H3. The van der Waals surface area contributed by atoms with E-state index < -0.39 is 25.6 Å². The average Bonchev–Trinajstić information content (AvgIpc) is 2.26. The Morgan fingerprint density at radius 1 is 1.15 bits per heavy atom. The fourth-order valence-corrected chi connectivity index (χ4v) is 2.73. The maximum atomic E-state index is 12.6. The van der Waals surface area contributed by atoms with Crippen molar-refractivity contribution in [1.82, 2.24) is 0 Å². The van der Waals surface area contributed by atoms with E-state index in [4.69, 9.17) is 11.6 Å². The highest BCUT2D eigenvalue weighted by Gasteiger charge is 2.47. The molecule has 0 saturated carbocycles. The number of rotatable bonds is 3. The second-order valence-corrected chi connectivity index (χ2v) is 8.03. The number of alkyl halides is 4. The number of sulfone groups is 1. The highest BCUT2D eigenvalue weighted by molar-refractivity contribution is 7.92. The topological polar surface area (TPSA) is 34.1 Å². The number of hydrogen-bond acceptors (Lipinski definition) is 2. The molecule has 20 heavy (non-hydrogen) atoms. The minimum atomic E-state index is -5.36. The van der Waals surface area contributed by atoms with E-state index in [2.05, 4.69) is 0 Å². The molecule has 2 nitrogen and oxygen atoms in total. The van der Waals surface area contributed by atoms with Crippen molar-refractivity contribution in [2.75, 3.05) is 0 Å². The third kappa shape index (κ3) is 3.67. The molecule has 0 aliphatic rings. The molecule has 0 radical (unpaired) electrons. The van der Waals surface area contributed by atoms with Crippen LogP contribution in [0.3, 0.4) is 0 Å². The molecule has 1 rings (SSSR count). The molecule has 0 spiro atoms. The van der Waals surface area contributed by atoms with E-state index in [1.165, 1.54) is 18.2 Å². The molecular weight excluding hydrogens is 313 g/mol. The Labute approximate surface area is 121 Å². The first-order chi connectivity index (χ1) is 8.87. The maximum absolute atomic E-state index is 12.6. The molecule has 114 valence electrons. The van der Waals surface area contributed by atoms with Crippen LogP contribution in [0.5, 0.6) is 0 Å². The van der Waals surface area contributed by atoms with Gasteiger partial charge in [0.1, 0.15) is 0 Å². The molecule has 1 aromatic carbocycles. The molecule has 0 aliphatic carbocycles. The molecule has 0 saturated heterocycles. The van der Waals surface area contributed by atoms with Crippen molar-refractivity contribution in [3.8, 4) is 0 Å². The summed E-state index contributed by atoms with van der Waals surface area (Å²) in [6, 6.07) is 5.09. The first-order valence-electron chi connectivity index (χ1n) is 5.90. The predicted molar refractivity (Wildman–Crippen MR) is 72.5 cm³/mol. The number of benzene rings is 1. The van der Waals surface area contributed by atoms with Crippen molar-refractivity contribution < 1.29 is 21.6 Å². The summed E-state index contributed by atoms with van der Waals surface area (Å²) >= 11 is 6.15. The third-order valence-electron chi connectivity index (χ3n) is 2.91. The van der Waals surface area contributed by atoms with Crippen LogP contribution in [0.15, 0.2) is 29.2 Å². The summed E-state index contributed by atoms with van der Waals surface area (Å²) in [5.41, 5.74) is -5.58. The Balaban J connectivity index is 3.27. The zero-order chi connectivity index (χ0) is 15.8. The van der Waals surface area contributed by atoms with Crippen LogP contribution in [0, 0.1) is 5.41 Å². The second-order valence-electron chi connectivity index (χ2n) is 5.59. The van der Waals surface area contributed by atoms with Crippen LogP contribution in [-0.2, 0) is 16.3 Å². The van der Waals surface area contributed by atoms with Gasteiger partial charge in [-0.1, -0.05) is 39.0 Å². The molecule has 0 amide bonds. The normalized spacial score (nSPS) is 15.2. The van der Waals surface area contributed by atoms with E-state index in [1.807, 2.05) is 20.8 Å².